The SMILES string of the molecule is CCN(CC1CCOC1)C(=O)C1(c2ccc(N)cc2)CC1. The maximum absolute atomic E-state index is 13.0. The van der Waals surface area contributed by atoms with Crippen molar-refractivity contribution in [1.82, 2.24) is 4.90 Å². The van der Waals surface area contributed by atoms with Crippen molar-refractivity contribution < 1.29 is 9.53 Å². The molecule has 3 rings (SSSR count). The predicted molar refractivity (Wildman–Crippen MR) is 82.9 cm³/mol. The molecule has 0 aromatic heterocycles. The summed E-state index contributed by atoms with van der Waals surface area (Å²) in [7, 11) is 0. The minimum atomic E-state index is -0.289. The van der Waals surface area contributed by atoms with Crippen LogP contribution in [0.3, 0.4) is 0 Å². The maximum atomic E-state index is 13.0. The maximum Gasteiger partial charge on any atom is 0.233 e. The Bertz CT molecular complexity index is 502. The van der Waals surface area contributed by atoms with Gasteiger partial charge >= 0.3 is 0 Å². The van der Waals surface area contributed by atoms with Gasteiger partial charge in [-0.15, -0.1) is 0 Å². The minimum Gasteiger partial charge on any atom is -0.399 e. The van der Waals surface area contributed by atoms with Crippen LogP contribution in [-0.2, 0) is 14.9 Å². The Balaban J connectivity index is 1.74. The van der Waals surface area contributed by atoms with Gasteiger partial charge in [0.05, 0.1) is 12.0 Å². The van der Waals surface area contributed by atoms with Gasteiger partial charge < -0.3 is 15.4 Å². The summed E-state index contributed by atoms with van der Waals surface area (Å²) in [5.74, 6) is 0.776. The van der Waals surface area contributed by atoms with E-state index in [1.807, 2.05) is 29.2 Å². The number of carbonyl (C=O) groups excluding carboxylic acids is 1. The molecule has 0 spiro atoms. The number of carbonyl (C=O) groups is 1. The fraction of sp³-hybridized carbons (Fsp3) is 0.588. The van der Waals surface area contributed by atoms with Gasteiger partial charge in [-0.3, -0.25) is 4.79 Å². The van der Waals surface area contributed by atoms with E-state index in [0.717, 1.165) is 56.8 Å². The Morgan fingerprint density at radius 3 is 2.62 bits per heavy atom. The third kappa shape index (κ3) is 2.77. The molecule has 1 aliphatic heterocycles. The average Bonchev–Trinajstić information content (AvgIpc) is 3.15. The van der Waals surface area contributed by atoms with E-state index in [0.29, 0.717) is 5.92 Å². The number of nitrogens with zero attached hydrogens (tertiary/aromatic N) is 1. The Morgan fingerprint density at radius 1 is 1.38 bits per heavy atom. The van der Waals surface area contributed by atoms with Crippen LogP contribution in [-0.4, -0.2) is 37.1 Å². The molecule has 1 heterocycles. The van der Waals surface area contributed by atoms with E-state index in [1.165, 1.54) is 0 Å². The molecule has 2 fully saturated rings. The molecule has 1 atom stereocenters. The van der Waals surface area contributed by atoms with Crippen LogP contribution in [0.2, 0.25) is 0 Å². The molecule has 1 aliphatic carbocycles. The molecular formula is C17H24N2O2. The van der Waals surface area contributed by atoms with Gasteiger partial charge in [0, 0.05) is 31.3 Å². The Labute approximate surface area is 126 Å². The summed E-state index contributed by atoms with van der Waals surface area (Å²) in [6.07, 6.45) is 2.97. The minimum absolute atomic E-state index is 0.279. The largest absolute Gasteiger partial charge is 0.399 e. The molecule has 4 heteroatoms. The number of hydrogen-bond donors (Lipinski definition) is 1. The van der Waals surface area contributed by atoms with Gasteiger partial charge in [-0.2, -0.15) is 0 Å². The molecule has 21 heavy (non-hydrogen) atoms. The summed E-state index contributed by atoms with van der Waals surface area (Å²) in [6, 6.07) is 7.80. The molecule has 1 saturated carbocycles. The molecule has 0 bridgehead atoms. The van der Waals surface area contributed by atoms with Crippen molar-refractivity contribution in [2.24, 2.45) is 5.92 Å². The first-order valence-electron chi connectivity index (χ1n) is 7.89. The van der Waals surface area contributed by atoms with Gasteiger partial charge in [0.25, 0.3) is 0 Å². The Kier molecular flexibility index (Phi) is 3.89. The quantitative estimate of drug-likeness (QED) is 0.845. The number of nitrogen functional groups attached to an aromatic ring is 1. The molecule has 2 aliphatic rings. The van der Waals surface area contributed by atoms with Gasteiger partial charge in [-0.25, -0.2) is 0 Å². The lowest BCUT2D eigenvalue weighted by Gasteiger charge is -2.28. The smallest absolute Gasteiger partial charge is 0.233 e. The van der Waals surface area contributed by atoms with Crippen molar-refractivity contribution in [2.45, 2.75) is 31.6 Å². The van der Waals surface area contributed by atoms with Crippen LogP contribution in [0.25, 0.3) is 0 Å². The fourth-order valence-corrected chi connectivity index (χ4v) is 3.25. The molecule has 1 aromatic rings. The number of anilines is 1. The monoisotopic (exact) mass is 288 g/mol. The number of rotatable bonds is 5. The highest BCUT2D eigenvalue weighted by atomic mass is 16.5. The molecule has 2 N–H and O–H groups in total. The molecule has 1 amide bonds. The number of likely N-dealkylation sites (N-methyl/N-ethyl adjacent to an activating group) is 1. The van der Waals surface area contributed by atoms with Crippen LogP contribution < -0.4 is 5.73 Å². The second-order valence-electron chi connectivity index (χ2n) is 6.28. The standard InChI is InChI=1S/C17H24N2O2/c1-2-19(11-13-7-10-21-12-13)16(20)17(8-9-17)14-3-5-15(18)6-4-14/h3-6,13H,2,7-12,18H2,1H3. The lowest BCUT2D eigenvalue weighted by atomic mass is 9.93. The molecular weight excluding hydrogens is 264 g/mol. The highest BCUT2D eigenvalue weighted by Gasteiger charge is 2.52. The van der Waals surface area contributed by atoms with Gasteiger partial charge in [0.15, 0.2) is 0 Å². The Hall–Kier alpha value is -1.55. The first-order valence-corrected chi connectivity index (χ1v) is 7.89. The summed E-state index contributed by atoms with van der Waals surface area (Å²) in [5, 5.41) is 0. The van der Waals surface area contributed by atoms with Gasteiger partial charge in [-0.1, -0.05) is 12.1 Å². The van der Waals surface area contributed by atoms with Crippen LogP contribution in [0.1, 0.15) is 31.7 Å². The summed E-state index contributed by atoms with van der Waals surface area (Å²) >= 11 is 0. The van der Waals surface area contributed by atoms with Gasteiger partial charge in [-0.05, 0) is 43.9 Å². The normalized spacial score (nSPS) is 23.0. The lowest BCUT2D eigenvalue weighted by molar-refractivity contribution is -0.134. The second kappa shape index (κ2) is 5.68. The van der Waals surface area contributed by atoms with Gasteiger partial charge in [0.1, 0.15) is 0 Å². The molecule has 1 unspecified atom stereocenters. The van der Waals surface area contributed by atoms with E-state index in [9.17, 15) is 4.79 Å². The number of ether oxygens (including phenoxy) is 1. The highest BCUT2D eigenvalue weighted by molar-refractivity contribution is 5.91. The summed E-state index contributed by atoms with van der Waals surface area (Å²) in [4.78, 5) is 15.0. The highest BCUT2D eigenvalue weighted by Crippen LogP contribution is 2.49. The summed E-state index contributed by atoms with van der Waals surface area (Å²) in [6.45, 7) is 5.28. The fourth-order valence-electron chi connectivity index (χ4n) is 3.25. The zero-order valence-electron chi connectivity index (χ0n) is 12.7. The van der Waals surface area contributed by atoms with Crippen molar-refractivity contribution in [3.63, 3.8) is 0 Å². The molecule has 1 aromatic carbocycles. The topological polar surface area (TPSA) is 55.6 Å². The van der Waals surface area contributed by atoms with Crippen LogP contribution in [0.4, 0.5) is 5.69 Å². The third-order valence-corrected chi connectivity index (χ3v) is 4.79. The number of benzene rings is 1. The second-order valence-corrected chi connectivity index (χ2v) is 6.28. The van der Waals surface area contributed by atoms with E-state index in [-0.39, 0.29) is 11.3 Å². The summed E-state index contributed by atoms with van der Waals surface area (Å²) in [5.41, 5.74) is 7.32. The van der Waals surface area contributed by atoms with Crippen LogP contribution in [0.5, 0.6) is 0 Å². The predicted octanol–water partition coefficient (Wildman–Crippen LogP) is 2.19. The van der Waals surface area contributed by atoms with E-state index in [4.69, 9.17) is 10.5 Å². The number of amides is 1. The lowest BCUT2D eigenvalue weighted by Crippen LogP contribution is -2.42. The number of hydrogen-bond acceptors (Lipinski definition) is 3. The number of nitrogens with two attached hydrogens (primary N) is 1. The molecule has 1 saturated heterocycles. The zero-order valence-corrected chi connectivity index (χ0v) is 12.7. The van der Waals surface area contributed by atoms with Crippen molar-refractivity contribution in [3.8, 4) is 0 Å². The zero-order chi connectivity index (χ0) is 14.9. The van der Waals surface area contributed by atoms with Crippen LogP contribution >= 0.6 is 0 Å². The van der Waals surface area contributed by atoms with E-state index in [1.54, 1.807) is 0 Å². The van der Waals surface area contributed by atoms with E-state index >= 15 is 0 Å². The first-order chi connectivity index (χ1) is 10.2. The van der Waals surface area contributed by atoms with Crippen molar-refractivity contribution >= 4 is 11.6 Å². The molecule has 114 valence electrons. The first kappa shape index (κ1) is 14.4. The van der Waals surface area contributed by atoms with Gasteiger partial charge in [0.2, 0.25) is 5.91 Å². The van der Waals surface area contributed by atoms with Crippen LogP contribution in [0, 0.1) is 5.92 Å². The molecule has 4 nitrogen and oxygen atoms in total. The third-order valence-electron chi connectivity index (χ3n) is 4.79. The Morgan fingerprint density at radius 2 is 2.10 bits per heavy atom. The van der Waals surface area contributed by atoms with E-state index in [2.05, 4.69) is 6.92 Å². The van der Waals surface area contributed by atoms with Crippen molar-refractivity contribution in [3.05, 3.63) is 29.8 Å². The van der Waals surface area contributed by atoms with E-state index < -0.39 is 0 Å². The molecule has 0 radical (unpaired) electrons. The summed E-state index contributed by atoms with van der Waals surface area (Å²) < 4.78 is 5.43. The van der Waals surface area contributed by atoms with Crippen molar-refractivity contribution in [2.75, 3.05) is 32.0 Å². The van der Waals surface area contributed by atoms with Crippen molar-refractivity contribution in [1.29, 1.82) is 0 Å². The average molecular weight is 288 g/mol. The van der Waals surface area contributed by atoms with Crippen LogP contribution in [0.15, 0.2) is 24.3 Å².